The fourth-order valence-electron chi connectivity index (χ4n) is 2.74. The number of esters is 2. The Labute approximate surface area is 156 Å². The van der Waals surface area contributed by atoms with Gasteiger partial charge in [0.25, 0.3) is 5.79 Å². The van der Waals surface area contributed by atoms with E-state index in [1.165, 1.54) is 0 Å². The van der Waals surface area contributed by atoms with Crippen LogP contribution >= 0.6 is 0 Å². The van der Waals surface area contributed by atoms with E-state index in [4.69, 9.17) is 24.0 Å². The molecule has 1 fully saturated rings. The molecule has 1 heterocycles. The van der Waals surface area contributed by atoms with Crippen LogP contribution in [0.5, 0.6) is 0 Å². The first kappa shape index (κ1) is 19.0. The minimum absolute atomic E-state index is 0.0242. The zero-order chi connectivity index (χ0) is 19.3. The molecular formula is C20H20O7. The van der Waals surface area contributed by atoms with Gasteiger partial charge in [-0.3, -0.25) is 4.74 Å². The molecule has 0 aromatic heterocycles. The zero-order valence-electron chi connectivity index (χ0n) is 15.0. The Kier molecular flexibility index (Phi) is 5.55. The van der Waals surface area contributed by atoms with E-state index in [2.05, 4.69) is 0 Å². The topological polar surface area (TPSA) is 80.3 Å². The van der Waals surface area contributed by atoms with Gasteiger partial charge in [-0.05, 0) is 13.8 Å². The minimum Gasteiger partial charge on any atom is -0.461 e. The number of rotatable bonds is 6. The predicted octanol–water partition coefficient (Wildman–Crippen LogP) is 2.69. The van der Waals surface area contributed by atoms with E-state index in [1.807, 2.05) is 12.1 Å². The molecule has 27 heavy (non-hydrogen) atoms. The monoisotopic (exact) mass is 372 g/mol. The molecule has 1 aliphatic rings. The highest BCUT2D eigenvalue weighted by molar-refractivity contribution is 6.02. The maximum Gasteiger partial charge on any atom is 0.400 e. The predicted molar refractivity (Wildman–Crippen MR) is 92.9 cm³/mol. The summed E-state index contributed by atoms with van der Waals surface area (Å²) in [5.41, 5.74) is 1.07. The molecule has 2 aromatic carbocycles. The van der Waals surface area contributed by atoms with Crippen molar-refractivity contribution in [3.05, 3.63) is 71.8 Å². The van der Waals surface area contributed by atoms with E-state index in [-0.39, 0.29) is 13.2 Å². The molecular weight excluding hydrogens is 352 g/mol. The highest BCUT2D eigenvalue weighted by Crippen LogP contribution is 2.46. The second kappa shape index (κ2) is 7.87. The summed E-state index contributed by atoms with van der Waals surface area (Å²) in [7, 11) is 0. The number of benzene rings is 2. The van der Waals surface area contributed by atoms with Gasteiger partial charge in [0.05, 0.1) is 13.2 Å². The molecule has 2 aromatic rings. The van der Waals surface area contributed by atoms with E-state index in [0.717, 1.165) is 0 Å². The van der Waals surface area contributed by atoms with Crippen LogP contribution in [0.15, 0.2) is 60.7 Å². The molecule has 0 radical (unpaired) electrons. The van der Waals surface area contributed by atoms with Gasteiger partial charge in [0.1, 0.15) is 0 Å². The Bertz CT molecular complexity index is 731. The standard InChI is InChI=1S/C20H20O7/c1-3-23-17(21)20(18(22)24-4-2)25-19(26-27-20,15-11-7-5-8-12-15)16-13-9-6-10-14-16/h5-14H,3-4H2,1-2H3. The SMILES string of the molecule is CCOC(=O)C1(C(=O)OCC)OOC(c2ccccc2)(c2ccccc2)O1. The summed E-state index contributed by atoms with van der Waals surface area (Å²) >= 11 is 0. The number of hydrogen-bond acceptors (Lipinski definition) is 7. The lowest BCUT2D eigenvalue weighted by Crippen LogP contribution is -2.51. The molecule has 3 rings (SSSR count). The fourth-order valence-corrected chi connectivity index (χ4v) is 2.74. The summed E-state index contributed by atoms with van der Waals surface area (Å²) < 4.78 is 15.9. The van der Waals surface area contributed by atoms with E-state index in [0.29, 0.717) is 11.1 Å². The molecule has 0 N–H and O–H groups in total. The Hall–Kier alpha value is -2.74. The summed E-state index contributed by atoms with van der Waals surface area (Å²) in [6, 6.07) is 17.7. The molecule has 1 aliphatic heterocycles. The van der Waals surface area contributed by atoms with Crippen molar-refractivity contribution >= 4 is 11.9 Å². The van der Waals surface area contributed by atoms with Gasteiger partial charge in [0.15, 0.2) is 0 Å². The summed E-state index contributed by atoms with van der Waals surface area (Å²) in [6.07, 6.45) is 0. The van der Waals surface area contributed by atoms with Gasteiger partial charge in [0.2, 0.25) is 0 Å². The van der Waals surface area contributed by atoms with Gasteiger partial charge in [-0.25, -0.2) is 9.59 Å². The van der Waals surface area contributed by atoms with Crippen molar-refractivity contribution in [3.63, 3.8) is 0 Å². The molecule has 7 heteroatoms. The zero-order valence-corrected chi connectivity index (χ0v) is 15.0. The van der Waals surface area contributed by atoms with Crippen molar-refractivity contribution in [2.24, 2.45) is 0 Å². The van der Waals surface area contributed by atoms with Crippen LogP contribution < -0.4 is 0 Å². The van der Waals surface area contributed by atoms with Gasteiger partial charge in [-0.15, -0.1) is 0 Å². The quantitative estimate of drug-likeness (QED) is 0.438. The van der Waals surface area contributed by atoms with Crippen molar-refractivity contribution < 1.29 is 33.6 Å². The van der Waals surface area contributed by atoms with E-state index in [9.17, 15) is 9.59 Å². The highest BCUT2D eigenvalue weighted by Gasteiger charge is 2.66. The summed E-state index contributed by atoms with van der Waals surface area (Å²) in [5.74, 6) is -6.23. The van der Waals surface area contributed by atoms with Gasteiger partial charge in [-0.2, -0.15) is 9.78 Å². The van der Waals surface area contributed by atoms with Gasteiger partial charge < -0.3 is 9.47 Å². The van der Waals surface area contributed by atoms with Crippen molar-refractivity contribution in [2.45, 2.75) is 25.4 Å². The summed E-state index contributed by atoms with van der Waals surface area (Å²) in [4.78, 5) is 35.9. The lowest BCUT2D eigenvalue weighted by Gasteiger charge is -2.27. The third-order valence-electron chi connectivity index (χ3n) is 3.96. The molecule has 142 valence electrons. The molecule has 0 atom stereocenters. The van der Waals surface area contributed by atoms with Crippen molar-refractivity contribution in [1.29, 1.82) is 0 Å². The third kappa shape index (κ3) is 3.32. The number of hydrogen-bond donors (Lipinski definition) is 0. The van der Waals surface area contributed by atoms with E-state index in [1.54, 1.807) is 62.4 Å². The van der Waals surface area contributed by atoms with Crippen molar-refractivity contribution in [1.82, 2.24) is 0 Å². The third-order valence-corrected chi connectivity index (χ3v) is 3.96. The first-order valence-corrected chi connectivity index (χ1v) is 8.61. The van der Waals surface area contributed by atoms with Crippen LogP contribution in [0.4, 0.5) is 0 Å². The molecule has 0 bridgehead atoms. The molecule has 0 unspecified atom stereocenters. The van der Waals surface area contributed by atoms with Crippen LogP contribution in [0.3, 0.4) is 0 Å². The second-order valence-electron chi connectivity index (χ2n) is 5.67. The van der Waals surface area contributed by atoms with Crippen LogP contribution in [0.1, 0.15) is 25.0 Å². The normalized spacial score (nSPS) is 17.3. The maximum atomic E-state index is 12.6. The largest absolute Gasteiger partial charge is 0.461 e. The highest BCUT2D eigenvalue weighted by atomic mass is 17.3. The molecule has 7 nitrogen and oxygen atoms in total. The molecule has 0 saturated carbocycles. The smallest absolute Gasteiger partial charge is 0.400 e. The Balaban J connectivity index is 2.11. The maximum absolute atomic E-state index is 12.6. The lowest BCUT2D eigenvalue weighted by molar-refractivity contribution is -0.338. The lowest BCUT2D eigenvalue weighted by atomic mass is 9.97. The Morgan fingerprint density at radius 2 is 1.22 bits per heavy atom. The van der Waals surface area contributed by atoms with Crippen LogP contribution in [0.2, 0.25) is 0 Å². The van der Waals surface area contributed by atoms with E-state index >= 15 is 0 Å². The van der Waals surface area contributed by atoms with Crippen LogP contribution in [-0.4, -0.2) is 30.9 Å². The van der Waals surface area contributed by atoms with Crippen LogP contribution in [-0.2, 0) is 39.4 Å². The van der Waals surface area contributed by atoms with Gasteiger partial charge in [0, 0.05) is 11.1 Å². The van der Waals surface area contributed by atoms with Crippen molar-refractivity contribution in [3.8, 4) is 0 Å². The minimum atomic E-state index is -2.49. The number of carbonyl (C=O) groups is 2. The fraction of sp³-hybridized carbons (Fsp3) is 0.300. The number of carbonyl (C=O) groups excluding carboxylic acids is 2. The Morgan fingerprint density at radius 3 is 1.63 bits per heavy atom. The summed E-state index contributed by atoms with van der Waals surface area (Å²) in [6.45, 7) is 3.26. The van der Waals surface area contributed by atoms with Crippen molar-refractivity contribution in [2.75, 3.05) is 13.2 Å². The second-order valence-corrected chi connectivity index (χ2v) is 5.67. The molecule has 1 saturated heterocycles. The Morgan fingerprint density at radius 1 is 0.778 bits per heavy atom. The first-order chi connectivity index (χ1) is 13.1. The van der Waals surface area contributed by atoms with E-state index < -0.39 is 23.5 Å². The van der Waals surface area contributed by atoms with Crippen LogP contribution in [0, 0.1) is 0 Å². The van der Waals surface area contributed by atoms with Gasteiger partial charge >= 0.3 is 17.7 Å². The first-order valence-electron chi connectivity index (χ1n) is 8.61. The average molecular weight is 372 g/mol. The molecule has 0 spiro atoms. The molecule has 0 amide bonds. The average Bonchev–Trinajstić information content (AvgIpc) is 3.13. The number of ether oxygens (including phenoxy) is 3. The molecule has 0 aliphatic carbocycles. The summed E-state index contributed by atoms with van der Waals surface area (Å²) in [5, 5.41) is 0. The van der Waals surface area contributed by atoms with Gasteiger partial charge in [-0.1, -0.05) is 60.7 Å². The van der Waals surface area contributed by atoms with Crippen LogP contribution in [0.25, 0.3) is 0 Å².